The van der Waals surface area contributed by atoms with Gasteiger partial charge in [-0.05, 0) is 24.3 Å². The zero-order chi connectivity index (χ0) is 20.0. The van der Waals surface area contributed by atoms with E-state index in [1.807, 2.05) is 24.3 Å². The van der Waals surface area contributed by atoms with Crippen LogP contribution in [0.3, 0.4) is 0 Å². The molecule has 2 N–H and O–H groups in total. The van der Waals surface area contributed by atoms with Crippen molar-refractivity contribution in [1.29, 1.82) is 0 Å². The highest BCUT2D eigenvalue weighted by Gasteiger charge is 2.20. The first-order valence-electron chi connectivity index (χ1n) is 8.37. The minimum absolute atomic E-state index is 0.0598. The highest BCUT2D eigenvalue weighted by molar-refractivity contribution is 7.80. The first-order chi connectivity index (χ1) is 13.4. The van der Waals surface area contributed by atoms with Crippen LogP contribution in [0, 0.1) is 0 Å². The van der Waals surface area contributed by atoms with Crippen molar-refractivity contribution in [2.75, 3.05) is 14.1 Å². The maximum absolute atomic E-state index is 12.4. The minimum atomic E-state index is -0.166. The highest BCUT2D eigenvalue weighted by Crippen LogP contribution is 2.36. The van der Waals surface area contributed by atoms with Gasteiger partial charge >= 0.3 is 6.03 Å². The van der Waals surface area contributed by atoms with Crippen molar-refractivity contribution in [1.82, 2.24) is 24.5 Å². The number of carbonyl (C=O) groups excluding carboxylic acids is 1. The molecule has 0 aliphatic carbocycles. The zero-order valence-electron chi connectivity index (χ0n) is 15.1. The largest absolute Gasteiger partial charge is 0.508 e. The number of benzene rings is 2. The smallest absolute Gasteiger partial charge is 0.328 e. The minimum Gasteiger partial charge on any atom is -0.508 e. The second-order valence-electron chi connectivity index (χ2n) is 6.45. The Morgan fingerprint density at radius 2 is 1.93 bits per heavy atom. The van der Waals surface area contributed by atoms with Crippen LogP contribution in [0.5, 0.6) is 11.5 Å². The van der Waals surface area contributed by atoms with Crippen molar-refractivity contribution < 1.29 is 15.0 Å². The van der Waals surface area contributed by atoms with Gasteiger partial charge in [-0.25, -0.2) is 9.48 Å². The number of nitrogens with zero attached hydrogens (tertiary/aromatic N) is 5. The van der Waals surface area contributed by atoms with Gasteiger partial charge < -0.3 is 15.1 Å². The molecule has 0 saturated heterocycles. The van der Waals surface area contributed by atoms with Crippen LogP contribution >= 0.6 is 12.6 Å². The summed E-state index contributed by atoms with van der Waals surface area (Å²) >= 11 is 4.43. The van der Waals surface area contributed by atoms with Crippen LogP contribution in [0.4, 0.5) is 4.79 Å². The molecular weight excluding hydrogens is 378 g/mol. The summed E-state index contributed by atoms with van der Waals surface area (Å²) in [5.74, 6) is -0.206. The molecule has 2 heterocycles. The van der Waals surface area contributed by atoms with Gasteiger partial charge in [-0.1, -0.05) is 17.3 Å². The number of aromatic nitrogens is 4. The molecule has 28 heavy (non-hydrogen) atoms. The fourth-order valence-electron chi connectivity index (χ4n) is 3.12. The van der Waals surface area contributed by atoms with Gasteiger partial charge in [0.2, 0.25) is 0 Å². The summed E-state index contributed by atoms with van der Waals surface area (Å²) in [5, 5.41) is 29.1. The standard InChI is InChI=1S/C19H17N5O3S/c1-22(2)19(27)23-9-8-12-13(4-3-5-14(12)23)17-18(28)20-21-24(17)15-7-6-11(25)10-16(15)26/h3-10,25-26,28H,1-2H3. The fraction of sp³-hybridized carbons (Fsp3) is 0.105. The third-order valence-corrected chi connectivity index (χ3v) is 4.72. The molecule has 0 aliphatic rings. The molecule has 142 valence electrons. The molecule has 0 spiro atoms. The molecule has 4 aromatic rings. The van der Waals surface area contributed by atoms with Crippen molar-refractivity contribution >= 4 is 29.6 Å². The van der Waals surface area contributed by atoms with Gasteiger partial charge in [-0.15, -0.1) is 17.7 Å². The van der Waals surface area contributed by atoms with Crippen LogP contribution in [-0.2, 0) is 0 Å². The number of phenolic OH excluding ortho intramolecular Hbond substituents is 2. The lowest BCUT2D eigenvalue weighted by Gasteiger charge is -2.13. The van der Waals surface area contributed by atoms with Gasteiger partial charge in [0, 0.05) is 37.3 Å². The number of hydrogen-bond donors (Lipinski definition) is 3. The normalized spacial score (nSPS) is 11.1. The summed E-state index contributed by atoms with van der Waals surface area (Å²) in [6, 6.07) is 11.4. The molecule has 9 heteroatoms. The Balaban J connectivity index is 1.95. The van der Waals surface area contributed by atoms with Crippen molar-refractivity contribution in [2.45, 2.75) is 5.03 Å². The topological polar surface area (TPSA) is 96.4 Å². The van der Waals surface area contributed by atoms with Gasteiger partial charge in [0.05, 0.1) is 5.52 Å². The Bertz CT molecular complexity index is 1210. The van der Waals surface area contributed by atoms with Crippen molar-refractivity contribution in [3.05, 3.63) is 48.7 Å². The third-order valence-electron chi connectivity index (χ3n) is 4.42. The zero-order valence-corrected chi connectivity index (χ0v) is 16.0. The number of amides is 1. The van der Waals surface area contributed by atoms with E-state index in [4.69, 9.17) is 0 Å². The quantitative estimate of drug-likeness (QED) is 0.453. The molecule has 8 nitrogen and oxygen atoms in total. The molecule has 2 aromatic heterocycles. The second-order valence-corrected chi connectivity index (χ2v) is 6.87. The van der Waals surface area contributed by atoms with Gasteiger partial charge in [0.15, 0.2) is 0 Å². The van der Waals surface area contributed by atoms with Gasteiger partial charge in [0.25, 0.3) is 0 Å². The van der Waals surface area contributed by atoms with Gasteiger partial charge in [0.1, 0.15) is 27.9 Å². The van der Waals surface area contributed by atoms with E-state index < -0.39 is 0 Å². The number of fused-ring (bicyclic) bond motifs is 1. The predicted octanol–water partition coefficient (Wildman–Crippen LogP) is 3.12. The molecule has 1 amide bonds. The van der Waals surface area contributed by atoms with Gasteiger partial charge in [-0.2, -0.15) is 0 Å². The molecule has 0 saturated carbocycles. The Kier molecular flexibility index (Phi) is 4.23. The van der Waals surface area contributed by atoms with E-state index >= 15 is 0 Å². The molecule has 2 aromatic carbocycles. The predicted molar refractivity (Wildman–Crippen MR) is 107 cm³/mol. The Morgan fingerprint density at radius 1 is 1.14 bits per heavy atom. The summed E-state index contributed by atoms with van der Waals surface area (Å²) < 4.78 is 3.01. The Morgan fingerprint density at radius 3 is 2.64 bits per heavy atom. The Hall–Kier alpha value is -3.46. The first-order valence-corrected chi connectivity index (χ1v) is 8.82. The summed E-state index contributed by atoms with van der Waals surface area (Å²) in [6.45, 7) is 0. The maximum atomic E-state index is 12.4. The third kappa shape index (κ3) is 2.76. The molecule has 4 rings (SSSR count). The SMILES string of the molecule is CN(C)C(=O)n1ccc2c(-c3c(S)nnn3-c3ccc(O)cc3O)cccc21. The average Bonchev–Trinajstić information content (AvgIpc) is 3.24. The molecule has 0 fully saturated rings. The van der Waals surface area contributed by atoms with Crippen molar-refractivity contribution in [3.8, 4) is 28.4 Å². The maximum Gasteiger partial charge on any atom is 0.328 e. The Labute approximate surface area is 165 Å². The number of aromatic hydroxyl groups is 2. The fourth-order valence-corrected chi connectivity index (χ4v) is 3.38. The molecule has 0 aliphatic heterocycles. The molecule has 0 unspecified atom stereocenters. The van der Waals surface area contributed by atoms with Crippen LogP contribution in [0.25, 0.3) is 27.8 Å². The lowest BCUT2D eigenvalue weighted by Crippen LogP contribution is -2.26. The molecule has 0 bridgehead atoms. The summed E-state index contributed by atoms with van der Waals surface area (Å²) in [7, 11) is 3.38. The molecule has 0 atom stereocenters. The van der Waals surface area contributed by atoms with E-state index in [0.29, 0.717) is 16.4 Å². The van der Waals surface area contributed by atoms with E-state index in [1.54, 1.807) is 24.9 Å². The summed E-state index contributed by atoms with van der Waals surface area (Å²) in [6.07, 6.45) is 1.71. The number of thiol groups is 1. The van der Waals surface area contributed by atoms with E-state index in [2.05, 4.69) is 22.9 Å². The van der Waals surface area contributed by atoms with Crippen LogP contribution in [-0.4, -0.2) is 54.8 Å². The summed E-state index contributed by atoms with van der Waals surface area (Å²) in [5.41, 5.74) is 2.39. The first kappa shape index (κ1) is 17.9. The van der Waals surface area contributed by atoms with E-state index in [-0.39, 0.29) is 17.5 Å². The van der Waals surface area contributed by atoms with Crippen molar-refractivity contribution in [2.24, 2.45) is 0 Å². The summed E-state index contributed by atoms with van der Waals surface area (Å²) in [4.78, 5) is 13.9. The number of rotatable bonds is 2. The average molecular weight is 395 g/mol. The highest BCUT2D eigenvalue weighted by atomic mass is 32.1. The lowest BCUT2D eigenvalue weighted by molar-refractivity contribution is 0.220. The number of phenols is 2. The van der Waals surface area contributed by atoms with Crippen LogP contribution in [0.2, 0.25) is 0 Å². The van der Waals surface area contributed by atoms with Crippen LogP contribution in [0.1, 0.15) is 0 Å². The lowest BCUT2D eigenvalue weighted by atomic mass is 10.1. The van der Waals surface area contributed by atoms with E-state index in [9.17, 15) is 15.0 Å². The number of hydrogen-bond acceptors (Lipinski definition) is 6. The van der Waals surface area contributed by atoms with Crippen LogP contribution in [0.15, 0.2) is 53.7 Å². The number of carbonyl (C=O) groups is 1. The monoisotopic (exact) mass is 395 g/mol. The molecule has 0 radical (unpaired) electrons. The van der Waals surface area contributed by atoms with Crippen LogP contribution < -0.4 is 0 Å². The van der Waals surface area contributed by atoms with E-state index in [0.717, 1.165) is 16.5 Å². The van der Waals surface area contributed by atoms with E-state index in [1.165, 1.54) is 27.8 Å². The molecular formula is C19H17N5O3S. The van der Waals surface area contributed by atoms with Gasteiger partial charge in [-0.3, -0.25) is 4.57 Å². The second kappa shape index (κ2) is 6.61. The van der Waals surface area contributed by atoms with Crippen molar-refractivity contribution in [3.63, 3.8) is 0 Å².